The van der Waals surface area contributed by atoms with Crippen molar-refractivity contribution < 1.29 is 18.7 Å². The molecule has 9 rings (SSSR count). The molecular weight excluding hydrogens is 661 g/mol. The van der Waals surface area contributed by atoms with Crippen LogP contribution in [0.3, 0.4) is 0 Å². The van der Waals surface area contributed by atoms with Gasteiger partial charge in [-0.2, -0.15) is 9.89 Å². The van der Waals surface area contributed by atoms with Crippen LogP contribution < -0.4 is 10.3 Å². The van der Waals surface area contributed by atoms with E-state index in [-0.39, 0.29) is 18.9 Å². The lowest BCUT2D eigenvalue weighted by atomic mass is 9.66. The lowest BCUT2D eigenvalue weighted by Crippen LogP contribution is -2.47. The molecule has 2 saturated heterocycles. The van der Waals surface area contributed by atoms with Gasteiger partial charge in [-0.15, -0.1) is 0 Å². The minimum Gasteiger partial charge on any atom is -0.464 e. The SMILES string of the molecule is O=C1CC2(CCN(n3nc(C(c4ccccc4)(c4ccccc4)c4cccc(-c5ccco5)c4)c4ccccc43)C2)[C@H](C(=O)OCc2ccccc2)N1. The molecule has 8 nitrogen and oxygen atoms in total. The number of carbonyl (C=O) groups excluding carboxylic acids is 2. The number of hydrogen-bond acceptors (Lipinski definition) is 6. The predicted molar refractivity (Wildman–Crippen MR) is 204 cm³/mol. The third kappa shape index (κ3) is 5.58. The summed E-state index contributed by atoms with van der Waals surface area (Å²) in [6, 6.07) is 50.7. The Labute approximate surface area is 307 Å². The van der Waals surface area contributed by atoms with E-state index in [1.54, 1.807) is 6.26 Å². The first kappa shape index (κ1) is 32.5. The van der Waals surface area contributed by atoms with Crippen LogP contribution in [0.2, 0.25) is 0 Å². The Bertz CT molecular complexity index is 2350. The van der Waals surface area contributed by atoms with Crippen molar-refractivity contribution in [3.05, 3.63) is 186 Å². The molecule has 262 valence electrons. The van der Waals surface area contributed by atoms with Crippen molar-refractivity contribution in [3.8, 4) is 11.3 Å². The van der Waals surface area contributed by atoms with Crippen LogP contribution >= 0.6 is 0 Å². The van der Waals surface area contributed by atoms with Crippen molar-refractivity contribution in [2.24, 2.45) is 5.41 Å². The van der Waals surface area contributed by atoms with Crippen molar-refractivity contribution in [3.63, 3.8) is 0 Å². The summed E-state index contributed by atoms with van der Waals surface area (Å²) in [7, 11) is 0. The third-order valence-corrected chi connectivity index (χ3v) is 11.0. The van der Waals surface area contributed by atoms with Crippen molar-refractivity contribution in [2.75, 3.05) is 18.1 Å². The van der Waals surface area contributed by atoms with Crippen LogP contribution in [-0.2, 0) is 26.3 Å². The van der Waals surface area contributed by atoms with Gasteiger partial charge < -0.3 is 14.5 Å². The number of esters is 1. The molecule has 2 aliphatic heterocycles. The monoisotopic (exact) mass is 698 g/mol. The minimum atomic E-state index is -0.831. The molecule has 5 aromatic carbocycles. The highest BCUT2D eigenvalue weighted by Crippen LogP contribution is 2.48. The van der Waals surface area contributed by atoms with E-state index >= 15 is 0 Å². The lowest BCUT2D eigenvalue weighted by Gasteiger charge is -2.35. The van der Waals surface area contributed by atoms with E-state index in [1.165, 1.54) is 0 Å². The number of benzene rings is 5. The first-order chi connectivity index (χ1) is 26.0. The fourth-order valence-electron chi connectivity index (χ4n) is 8.50. The summed E-state index contributed by atoms with van der Waals surface area (Å²) in [6.45, 7) is 1.22. The number of rotatable bonds is 9. The van der Waals surface area contributed by atoms with Crippen LogP contribution in [0.5, 0.6) is 0 Å². The maximum absolute atomic E-state index is 13.6. The minimum absolute atomic E-state index is 0.136. The normalized spacial score (nSPS) is 18.5. The molecular formula is C45H38N4O4. The molecule has 0 saturated carbocycles. The number of furan rings is 1. The van der Waals surface area contributed by atoms with Gasteiger partial charge in [-0.25, -0.2) is 4.79 Å². The van der Waals surface area contributed by atoms with Gasteiger partial charge in [0, 0.05) is 35.9 Å². The third-order valence-electron chi connectivity index (χ3n) is 11.0. The zero-order valence-corrected chi connectivity index (χ0v) is 29.1. The van der Waals surface area contributed by atoms with Crippen LogP contribution in [0.1, 0.15) is 40.8 Å². The highest BCUT2D eigenvalue weighted by Gasteiger charge is 2.55. The molecule has 2 aromatic heterocycles. The molecule has 0 bridgehead atoms. The van der Waals surface area contributed by atoms with E-state index in [0.29, 0.717) is 19.5 Å². The van der Waals surface area contributed by atoms with Gasteiger partial charge in [-0.3, -0.25) is 9.80 Å². The summed E-state index contributed by atoms with van der Waals surface area (Å²) in [5.74, 6) is 0.246. The molecule has 2 fully saturated rings. The van der Waals surface area contributed by atoms with Gasteiger partial charge in [0.25, 0.3) is 0 Å². The topological polar surface area (TPSA) is 89.6 Å². The van der Waals surface area contributed by atoms with Crippen molar-refractivity contribution in [1.29, 1.82) is 0 Å². The molecule has 2 aliphatic rings. The molecule has 4 heterocycles. The number of nitrogens with one attached hydrogen (secondary N) is 1. The highest BCUT2D eigenvalue weighted by molar-refractivity contribution is 5.90. The van der Waals surface area contributed by atoms with Crippen molar-refractivity contribution >= 4 is 22.8 Å². The van der Waals surface area contributed by atoms with E-state index in [4.69, 9.17) is 14.3 Å². The van der Waals surface area contributed by atoms with E-state index in [9.17, 15) is 9.59 Å². The number of amides is 1. The summed E-state index contributed by atoms with van der Waals surface area (Å²) in [5, 5.41) is 11.7. The summed E-state index contributed by atoms with van der Waals surface area (Å²) in [4.78, 5) is 28.6. The van der Waals surface area contributed by atoms with E-state index in [2.05, 4.69) is 101 Å². The Morgan fingerprint density at radius 2 is 1.49 bits per heavy atom. The number of fused-ring (bicyclic) bond motifs is 1. The van der Waals surface area contributed by atoms with Crippen LogP contribution in [0.15, 0.2) is 162 Å². The Morgan fingerprint density at radius 3 is 2.21 bits per heavy atom. The summed E-state index contributed by atoms with van der Waals surface area (Å²) in [5.41, 5.74) is 5.42. The standard InChI is InChI=1S/C45H38N4O4/c50-40-29-44(42(46-40)43(51)53-30-32-14-4-1-5-15-32)25-26-48(31-44)49-38-23-11-10-22-37(38)41(47-49)45(34-17-6-2-7-18-34,35-19-8-3-9-20-35)36-21-12-16-33(28-36)39-24-13-27-52-39/h1-24,27-28,42H,25-26,29-31H2,(H,46,50)/t42-,44?/m0/s1. The number of hydrogen-bond donors (Lipinski definition) is 1. The predicted octanol–water partition coefficient (Wildman–Crippen LogP) is 7.64. The summed E-state index contributed by atoms with van der Waals surface area (Å²) >= 11 is 0. The smallest absolute Gasteiger partial charge is 0.329 e. The second-order valence-electron chi connectivity index (χ2n) is 14.1. The van der Waals surface area contributed by atoms with E-state index in [0.717, 1.165) is 50.2 Å². The first-order valence-electron chi connectivity index (χ1n) is 18.0. The maximum Gasteiger partial charge on any atom is 0.329 e. The summed E-state index contributed by atoms with van der Waals surface area (Å²) in [6.07, 6.45) is 2.58. The molecule has 1 amide bonds. The van der Waals surface area contributed by atoms with Crippen molar-refractivity contribution in [1.82, 2.24) is 15.2 Å². The zero-order valence-electron chi connectivity index (χ0n) is 29.1. The number of para-hydroxylation sites is 1. The molecule has 1 spiro atoms. The molecule has 7 aromatic rings. The Kier molecular flexibility index (Phi) is 8.15. The van der Waals surface area contributed by atoms with E-state index in [1.807, 2.05) is 65.5 Å². The lowest BCUT2D eigenvalue weighted by molar-refractivity contribution is -0.150. The molecule has 8 heteroatoms. The van der Waals surface area contributed by atoms with Gasteiger partial charge in [0.2, 0.25) is 5.91 Å². The summed E-state index contributed by atoms with van der Waals surface area (Å²) < 4.78 is 11.7. The largest absolute Gasteiger partial charge is 0.464 e. The molecule has 0 radical (unpaired) electrons. The zero-order chi connectivity index (χ0) is 35.8. The number of aromatic nitrogens is 2. The van der Waals surface area contributed by atoms with Gasteiger partial charge >= 0.3 is 5.97 Å². The van der Waals surface area contributed by atoms with Crippen LogP contribution in [-0.4, -0.2) is 40.9 Å². The average molecular weight is 699 g/mol. The van der Waals surface area contributed by atoms with Crippen molar-refractivity contribution in [2.45, 2.75) is 30.9 Å². The number of ether oxygens (including phenoxy) is 1. The van der Waals surface area contributed by atoms with Gasteiger partial charge in [0.1, 0.15) is 18.4 Å². The van der Waals surface area contributed by atoms with Crippen LogP contribution in [0.4, 0.5) is 0 Å². The van der Waals surface area contributed by atoms with Crippen LogP contribution in [0.25, 0.3) is 22.2 Å². The number of nitrogens with zero attached hydrogens (tertiary/aromatic N) is 3. The van der Waals surface area contributed by atoms with Gasteiger partial charge in [-0.05, 0) is 52.9 Å². The average Bonchev–Trinajstić information content (AvgIpc) is 4.03. The highest BCUT2D eigenvalue weighted by atomic mass is 16.5. The molecule has 1 unspecified atom stereocenters. The van der Waals surface area contributed by atoms with E-state index < -0.39 is 22.8 Å². The quantitative estimate of drug-likeness (QED) is 0.123. The fraction of sp³-hybridized carbons (Fsp3) is 0.178. The van der Waals surface area contributed by atoms with Gasteiger partial charge in [0.05, 0.1) is 22.9 Å². The molecule has 1 N–H and O–H groups in total. The fourth-order valence-corrected chi connectivity index (χ4v) is 8.50. The Morgan fingerprint density at radius 1 is 0.811 bits per heavy atom. The first-order valence-corrected chi connectivity index (χ1v) is 18.0. The second kappa shape index (κ2) is 13.3. The Balaban J connectivity index is 1.17. The van der Waals surface area contributed by atoms with Gasteiger partial charge in [0.15, 0.2) is 0 Å². The number of carbonyl (C=O) groups is 2. The molecule has 0 aliphatic carbocycles. The Hall–Kier alpha value is -6.41. The maximum atomic E-state index is 13.6. The molecule has 2 atom stereocenters. The molecule has 53 heavy (non-hydrogen) atoms. The second-order valence-corrected chi connectivity index (χ2v) is 14.1. The van der Waals surface area contributed by atoms with Crippen LogP contribution in [0, 0.1) is 5.41 Å². The van der Waals surface area contributed by atoms with Gasteiger partial charge in [-0.1, -0.05) is 127 Å².